The summed E-state index contributed by atoms with van der Waals surface area (Å²) >= 11 is 0. The van der Waals surface area contributed by atoms with Crippen LogP contribution in [0.2, 0.25) is 0 Å². The number of hydrogen-bond donors (Lipinski definition) is 2. The molecule has 1 fully saturated rings. The number of nitrogens with one attached hydrogen (secondary N) is 2. The van der Waals surface area contributed by atoms with Gasteiger partial charge >= 0.3 is 0 Å². The normalized spacial score (nSPS) is 14.5. The first-order valence-electron chi connectivity index (χ1n) is 10.9. The number of anilines is 1. The van der Waals surface area contributed by atoms with Gasteiger partial charge in [0.25, 0.3) is 0 Å². The van der Waals surface area contributed by atoms with Crippen molar-refractivity contribution in [2.45, 2.75) is 25.8 Å². The van der Waals surface area contributed by atoms with Gasteiger partial charge in [-0.05, 0) is 61.3 Å². The predicted molar refractivity (Wildman–Crippen MR) is 125 cm³/mol. The Bertz CT molecular complexity index is 1260. The molecule has 1 aromatic carbocycles. The molecule has 0 saturated carbocycles. The van der Waals surface area contributed by atoms with Crippen LogP contribution < -0.4 is 5.32 Å². The molecule has 0 aliphatic carbocycles. The molecule has 0 radical (unpaired) electrons. The molecule has 0 atom stereocenters. The van der Waals surface area contributed by atoms with E-state index in [9.17, 15) is 4.39 Å². The van der Waals surface area contributed by atoms with E-state index in [1.165, 1.54) is 37.2 Å². The quantitative estimate of drug-likeness (QED) is 0.440. The maximum Gasteiger partial charge on any atom is 0.164 e. The molecule has 4 aromatic rings. The topological polar surface area (TPSA) is 69.7 Å². The number of hydrogen-bond acceptors (Lipinski definition) is 5. The summed E-state index contributed by atoms with van der Waals surface area (Å²) in [5, 5.41) is 11.4. The zero-order valence-corrected chi connectivity index (χ0v) is 17.8. The van der Waals surface area contributed by atoms with Crippen molar-refractivity contribution in [3.05, 3.63) is 78.8 Å². The van der Waals surface area contributed by atoms with Crippen molar-refractivity contribution < 1.29 is 4.39 Å². The Morgan fingerprint density at radius 2 is 1.91 bits per heavy atom. The lowest BCUT2D eigenvalue weighted by Gasteiger charge is -2.26. The van der Waals surface area contributed by atoms with Gasteiger partial charge < -0.3 is 5.32 Å². The van der Waals surface area contributed by atoms with E-state index in [1.54, 1.807) is 6.07 Å². The highest BCUT2D eigenvalue weighted by Gasteiger charge is 2.14. The largest absolute Gasteiger partial charge is 0.352 e. The molecule has 0 unspecified atom stereocenters. The van der Waals surface area contributed by atoms with E-state index in [0.29, 0.717) is 17.1 Å². The van der Waals surface area contributed by atoms with Crippen LogP contribution in [0.3, 0.4) is 0 Å². The molecule has 0 amide bonds. The van der Waals surface area contributed by atoms with Gasteiger partial charge in [0.1, 0.15) is 5.69 Å². The Balaban J connectivity index is 1.42. The molecule has 5 rings (SSSR count). The highest BCUT2D eigenvalue weighted by atomic mass is 19.1. The molecule has 162 valence electrons. The standard InChI is InChI=1S/C25H25FN6/c1-17(29-24-7-8-27-15-22(24)26)25-21-12-19(5-6-23(21)30-31-25)20-11-18(13-28-14-20)16-32-9-3-2-4-10-32/h5-8,11-15H,1-4,9-10,16H2,(H,27,29)(H,30,31). The van der Waals surface area contributed by atoms with E-state index >= 15 is 0 Å². The molecule has 6 nitrogen and oxygen atoms in total. The number of benzene rings is 1. The first kappa shape index (κ1) is 20.3. The third-order valence-corrected chi connectivity index (χ3v) is 5.89. The predicted octanol–water partition coefficient (Wildman–Crippen LogP) is 5.23. The lowest BCUT2D eigenvalue weighted by molar-refractivity contribution is 0.220. The number of pyridine rings is 2. The number of halogens is 1. The molecule has 2 N–H and O–H groups in total. The van der Waals surface area contributed by atoms with E-state index in [2.05, 4.69) is 55.2 Å². The number of H-pyrrole nitrogens is 1. The lowest BCUT2D eigenvalue weighted by atomic mass is 10.0. The number of aromatic nitrogens is 4. The van der Waals surface area contributed by atoms with E-state index in [1.807, 2.05) is 18.5 Å². The molecule has 4 heterocycles. The molecule has 1 aliphatic heterocycles. The Hall–Kier alpha value is -3.58. The summed E-state index contributed by atoms with van der Waals surface area (Å²) in [7, 11) is 0. The summed E-state index contributed by atoms with van der Waals surface area (Å²) < 4.78 is 14.0. The van der Waals surface area contributed by atoms with Gasteiger partial charge in [0, 0.05) is 36.1 Å². The van der Waals surface area contributed by atoms with Crippen molar-refractivity contribution in [3.8, 4) is 11.1 Å². The zero-order chi connectivity index (χ0) is 21.9. The summed E-state index contributed by atoms with van der Waals surface area (Å²) in [4.78, 5) is 10.8. The fourth-order valence-corrected chi connectivity index (χ4v) is 4.23. The SMILES string of the molecule is C=C(Nc1ccncc1F)c1n[nH]c2ccc(-c3cncc(CN4CCCCC4)c3)cc12. The number of rotatable bonds is 6. The minimum absolute atomic E-state index is 0.312. The van der Waals surface area contributed by atoms with Gasteiger partial charge in [0.15, 0.2) is 5.82 Å². The Labute approximate surface area is 186 Å². The highest BCUT2D eigenvalue weighted by Crippen LogP contribution is 2.29. The number of fused-ring (bicyclic) bond motifs is 1. The fraction of sp³-hybridized carbons (Fsp3) is 0.240. The number of aromatic amines is 1. The van der Waals surface area contributed by atoms with Crippen LogP contribution in [0, 0.1) is 5.82 Å². The number of piperidine rings is 1. The Morgan fingerprint density at radius 1 is 1.03 bits per heavy atom. The van der Waals surface area contributed by atoms with Gasteiger partial charge in [-0.2, -0.15) is 5.10 Å². The molecule has 0 bridgehead atoms. The number of likely N-dealkylation sites (tertiary alicyclic amines) is 1. The van der Waals surface area contributed by atoms with Crippen LogP contribution >= 0.6 is 0 Å². The average Bonchev–Trinajstić information content (AvgIpc) is 3.25. The minimum Gasteiger partial charge on any atom is -0.352 e. The van der Waals surface area contributed by atoms with Crippen molar-refractivity contribution in [1.29, 1.82) is 0 Å². The van der Waals surface area contributed by atoms with Crippen LogP contribution in [-0.4, -0.2) is 38.2 Å². The van der Waals surface area contributed by atoms with Gasteiger partial charge in [-0.1, -0.05) is 19.1 Å². The van der Waals surface area contributed by atoms with Crippen molar-refractivity contribution >= 4 is 22.3 Å². The van der Waals surface area contributed by atoms with Gasteiger partial charge in [-0.3, -0.25) is 20.0 Å². The third-order valence-electron chi connectivity index (χ3n) is 5.89. The first-order chi connectivity index (χ1) is 15.7. The Kier molecular flexibility index (Phi) is 5.64. The van der Waals surface area contributed by atoms with E-state index < -0.39 is 5.82 Å². The molecule has 0 spiro atoms. The molecule has 32 heavy (non-hydrogen) atoms. The zero-order valence-electron chi connectivity index (χ0n) is 17.8. The average molecular weight is 429 g/mol. The monoisotopic (exact) mass is 428 g/mol. The second-order valence-electron chi connectivity index (χ2n) is 8.21. The molecule has 1 aliphatic rings. The first-order valence-corrected chi connectivity index (χ1v) is 10.9. The van der Waals surface area contributed by atoms with Gasteiger partial charge in [-0.15, -0.1) is 0 Å². The van der Waals surface area contributed by atoms with Crippen LogP contribution in [-0.2, 0) is 6.54 Å². The highest BCUT2D eigenvalue weighted by molar-refractivity contribution is 5.95. The van der Waals surface area contributed by atoms with Crippen molar-refractivity contribution in [2.75, 3.05) is 18.4 Å². The second kappa shape index (κ2) is 8.88. The smallest absolute Gasteiger partial charge is 0.164 e. The minimum atomic E-state index is -0.439. The molecular weight excluding hydrogens is 403 g/mol. The number of nitrogens with zero attached hydrogens (tertiary/aromatic N) is 4. The maximum absolute atomic E-state index is 14.0. The fourth-order valence-electron chi connectivity index (χ4n) is 4.23. The molecule has 1 saturated heterocycles. The summed E-state index contributed by atoms with van der Waals surface area (Å²) in [6.45, 7) is 7.30. The molecule has 3 aromatic heterocycles. The van der Waals surface area contributed by atoms with Crippen molar-refractivity contribution in [2.24, 2.45) is 0 Å². The van der Waals surface area contributed by atoms with Crippen molar-refractivity contribution in [3.63, 3.8) is 0 Å². The Morgan fingerprint density at radius 3 is 2.75 bits per heavy atom. The summed E-state index contributed by atoms with van der Waals surface area (Å²) in [5.41, 5.74) is 5.69. The third kappa shape index (κ3) is 4.24. The molecule has 7 heteroatoms. The summed E-state index contributed by atoms with van der Waals surface area (Å²) in [6, 6.07) is 9.91. The van der Waals surface area contributed by atoms with Gasteiger partial charge in [-0.25, -0.2) is 4.39 Å². The second-order valence-corrected chi connectivity index (χ2v) is 8.21. The van der Waals surface area contributed by atoms with Gasteiger partial charge in [0.05, 0.1) is 23.1 Å². The van der Waals surface area contributed by atoms with Crippen LogP contribution in [0.5, 0.6) is 0 Å². The van der Waals surface area contributed by atoms with E-state index in [0.717, 1.165) is 41.7 Å². The summed E-state index contributed by atoms with van der Waals surface area (Å²) in [5.74, 6) is -0.439. The maximum atomic E-state index is 14.0. The van der Waals surface area contributed by atoms with Gasteiger partial charge in [0.2, 0.25) is 0 Å². The van der Waals surface area contributed by atoms with E-state index in [-0.39, 0.29) is 0 Å². The lowest BCUT2D eigenvalue weighted by Crippen LogP contribution is -2.29. The van der Waals surface area contributed by atoms with Crippen LogP contribution in [0.4, 0.5) is 10.1 Å². The van der Waals surface area contributed by atoms with Crippen molar-refractivity contribution in [1.82, 2.24) is 25.1 Å². The summed E-state index contributed by atoms with van der Waals surface area (Å²) in [6.07, 6.45) is 10.4. The van der Waals surface area contributed by atoms with Crippen LogP contribution in [0.25, 0.3) is 27.7 Å². The molecular formula is C25H25FN6. The van der Waals surface area contributed by atoms with Crippen LogP contribution in [0.15, 0.2) is 61.7 Å². The van der Waals surface area contributed by atoms with Crippen LogP contribution in [0.1, 0.15) is 30.5 Å². The van der Waals surface area contributed by atoms with E-state index in [4.69, 9.17) is 0 Å².